The van der Waals surface area contributed by atoms with Crippen LogP contribution in [0.15, 0.2) is 24.3 Å². The predicted molar refractivity (Wildman–Crippen MR) is 58.1 cm³/mol. The van der Waals surface area contributed by atoms with Gasteiger partial charge in [-0.3, -0.25) is 0 Å². The number of nitrogen functional groups attached to an aromatic ring is 1. The number of rotatable bonds is 1. The first kappa shape index (κ1) is 8.65. The molecule has 1 fully saturated rings. The summed E-state index contributed by atoms with van der Waals surface area (Å²) in [6.45, 7) is 0. The Kier molecular flexibility index (Phi) is 1.69. The van der Waals surface area contributed by atoms with Crippen molar-refractivity contribution in [2.75, 3.05) is 5.73 Å². The Labute approximate surface area is 86.9 Å². The van der Waals surface area contributed by atoms with Gasteiger partial charge < -0.3 is 5.73 Å². The number of halogens is 1. The molecule has 0 radical (unpaired) electrons. The van der Waals surface area contributed by atoms with Crippen LogP contribution < -0.4 is 5.73 Å². The fourth-order valence-electron chi connectivity index (χ4n) is 1.83. The van der Waals surface area contributed by atoms with Crippen molar-refractivity contribution in [2.24, 2.45) is 0 Å². The van der Waals surface area contributed by atoms with Crippen molar-refractivity contribution in [1.82, 2.24) is 4.98 Å². The second-order valence-corrected chi connectivity index (χ2v) is 4.08. The minimum absolute atomic E-state index is 0.199. The molecular weight excluding hydrogens is 191 g/mol. The average Bonchev–Trinajstić information content (AvgIpc) is 3.00. The number of nitrogens with zero attached hydrogens (tertiary/aromatic N) is 1. The Hall–Kier alpha value is -1.64. The molecule has 0 bridgehead atoms. The molecule has 0 unspecified atom stereocenters. The van der Waals surface area contributed by atoms with Crippen molar-refractivity contribution in [2.45, 2.75) is 18.8 Å². The highest BCUT2D eigenvalue weighted by Crippen LogP contribution is 2.40. The van der Waals surface area contributed by atoms with E-state index >= 15 is 0 Å². The number of hydrogen-bond acceptors (Lipinski definition) is 2. The fraction of sp³-hybridized carbons (Fsp3) is 0.250. The van der Waals surface area contributed by atoms with Gasteiger partial charge in [-0.05, 0) is 37.1 Å². The van der Waals surface area contributed by atoms with Crippen LogP contribution in [0.5, 0.6) is 0 Å². The second kappa shape index (κ2) is 2.92. The van der Waals surface area contributed by atoms with E-state index in [0.29, 0.717) is 17.3 Å². The average molecular weight is 202 g/mol. The maximum atomic E-state index is 13.6. The third kappa shape index (κ3) is 1.44. The maximum absolute atomic E-state index is 13.6. The zero-order valence-electron chi connectivity index (χ0n) is 8.20. The van der Waals surface area contributed by atoms with Gasteiger partial charge in [0.25, 0.3) is 0 Å². The third-order valence-corrected chi connectivity index (χ3v) is 2.78. The second-order valence-electron chi connectivity index (χ2n) is 4.08. The molecule has 1 aromatic heterocycles. The van der Waals surface area contributed by atoms with Gasteiger partial charge in [0.15, 0.2) is 0 Å². The van der Waals surface area contributed by atoms with E-state index in [0.717, 1.165) is 23.7 Å². The number of pyridine rings is 1. The molecule has 0 amide bonds. The van der Waals surface area contributed by atoms with Crippen LogP contribution in [-0.2, 0) is 0 Å². The van der Waals surface area contributed by atoms with Gasteiger partial charge in [0, 0.05) is 17.0 Å². The summed E-state index contributed by atoms with van der Waals surface area (Å²) in [5.74, 6) is 0.141. The maximum Gasteiger partial charge on any atom is 0.145 e. The van der Waals surface area contributed by atoms with Crippen molar-refractivity contribution in [3.05, 3.63) is 35.8 Å². The van der Waals surface area contributed by atoms with Gasteiger partial charge in [-0.2, -0.15) is 0 Å². The summed E-state index contributed by atoms with van der Waals surface area (Å²) in [4.78, 5) is 4.35. The van der Waals surface area contributed by atoms with Crippen LogP contribution in [0, 0.1) is 5.82 Å². The smallest absolute Gasteiger partial charge is 0.145 e. The largest absolute Gasteiger partial charge is 0.399 e. The van der Waals surface area contributed by atoms with Gasteiger partial charge in [0.05, 0.1) is 11.2 Å². The van der Waals surface area contributed by atoms with Crippen molar-refractivity contribution in [1.29, 1.82) is 0 Å². The van der Waals surface area contributed by atoms with E-state index in [1.165, 1.54) is 6.07 Å². The lowest BCUT2D eigenvalue weighted by molar-refractivity contribution is 0.603. The topological polar surface area (TPSA) is 38.9 Å². The Morgan fingerprint density at radius 1 is 1.27 bits per heavy atom. The molecule has 15 heavy (non-hydrogen) atoms. The zero-order valence-corrected chi connectivity index (χ0v) is 8.20. The molecule has 1 aliphatic carbocycles. The molecule has 1 saturated carbocycles. The van der Waals surface area contributed by atoms with Crippen LogP contribution in [0.25, 0.3) is 10.9 Å². The molecule has 1 aromatic carbocycles. The summed E-state index contributed by atoms with van der Waals surface area (Å²) in [6, 6.07) is 6.92. The summed E-state index contributed by atoms with van der Waals surface area (Å²) in [7, 11) is 0. The molecule has 2 nitrogen and oxygen atoms in total. The van der Waals surface area contributed by atoms with Gasteiger partial charge in [0.1, 0.15) is 5.82 Å². The lowest BCUT2D eigenvalue weighted by Gasteiger charge is -2.04. The van der Waals surface area contributed by atoms with Crippen LogP contribution in [0.3, 0.4) is 0 Å². The SMILES string of the molecule is Nc1ccc2nc(C3CC3)c(F)cc2c1. The van der Waals surface area contributed by atoms with Gasteiger partial charge in [-0.15, -0.1) is 0 Å². The van der Waals surface area contributed by atoms with Crippen LogP contribution in [0.1, 0.15) is 24.5 Å². The molecule has 3 rings (SSSR count). The van der Waals surface area contributed by atoms with Crippen LogP contribution in [0.4, 0.5) is 10.1 Å². The number of anilines is 1. The Morgan fingerprint density at radius 3 is 2.80 bits per heavy atom. The molecule has 1 aliphatic rings. The standard InChI is InChI=1S/C12H11FN2/c13-10-6-8-5-9(14)3-4-11(8)15-12(10)7-1-2-7/h3-7H,1-2,14H2. The van der Waals surface area contributed by atoms with Crippen LogP contribution in [0.2, 0.25) is 0 Å². The molecule has 0 spiro atoms. The van der Waals surface area contributed by atoms with Crippen molar-refractivity contribution in [3.63, 3.8) is 0 Å². The number of nitrogens with two attached hydrogens (primary N) is 1. The first-order valence-corrected chi connectivity index (χ1v) is 5.10. The summed E-state index contributed by atoms with van der Waals surface area (Å²) in [6.07, 6.45) is 2.12. The van der Waals surface area contributed by atoms with E-state index in [4.69, 9.17) is 5.73 Å². The first-order chi connectivity index (χ1) is 7.24. The van der Waals surface area contributed by atoms with E-state index < -0.39 is 0 Å². The molecular formula is C12H11FN2. The summed E-state index contributed by atoms with van der Waals surface area (Å²) in [5.41, 5.74) is 7.72. The highest BCUT2D eigenvalue weighted by atomic mass is 19.1. The highest BCUT2D eigenvalue weighted by Gasteiger charge is 2.28. The van der Waals surface area contributed by atoms with Gasteiger partial charge in [0.2, 0.25) is 0 Å². The zero-order chi connectivity index (χ0) is 10.4. The molecule has 0 atom stereocenters. The summed E-state index contributed by atoms with van der Waals surface area (Å²) < 4.78 is 13.6. The normalized spacial score (nSPS) is 15.8. The third-order valence-electron chi connectivity index (χ3n) is 2.78. The monoisotopic (exact) mass is 202 g/mol. The minimum atomic E-state index is -0.199. The molecule has 3 heteroatoms. The molecule has 76 valence electrons. The molecule has 2 aromatic rings. The van der Waals surface area contributed by atoms with E-state index in [1.807, 2.05) is 6.07 Å². The minimum Gasteiger partial charge on any atom is -0.399 e. The van der Waals surface area contributed by atoms with E-state index in [1.54, 1.807) is 12.1 Å². The van der Waals surface area contributed by atoms with Crippen molar-refractivity contribution in [3.8, 4) is 0 Å². The summed E-state index contributed by atoms with van der Waals surface area (Å²) in [5, 5.41) is 0.775. The fourth-order valence-corrected chi connectivity index (χ4v) is 1.83. The predicted octanol–water partition coefficient (Wildman–Crippen LogP) is 2.83. The van der Waals surface area contributed by atoms with Gasteiger partial charge in [-0.1, -0.05) is 0 Å². The van der Waals surface area contributed by atoms with Crippen molar-refractivity contribution >= 4 is 16.6 Å². The van der Waals surface area contributed by atoms with E-state index in [2.05, 4.69) is 4.98 Å². The Balaban J connectivity index is 2.25. The molecule has 0 saturated heterocycles. The number of hydrogen-bond donors (Lipinski definition) is 1. The summed E-state index contributed by atoms with van der Waals surface area (Å²) >= 11 is 0. The Morgan fingerprint density at radius 2 is 2.07 bits per heavy atom. The van der Waals surface area contributed by atoms with Crippen LogP contribution >= 0.6 is 0 Å². The van der Waals surface area contributed by atoms with E-state index in [9.17, 15) is 4.39 Å². The number of aromatic nitrogens is 1. The molecule has 2 N–H and O–H groups in total. The highest BCUT2D eigenvalue weighted by molar-refractivity contribution is 5.82. The molecule has 1 heterocycles. The lowest BCUT2D eigenvalue weighted by atomic mass is 10.1. The van der Waals surface area contributed by atoms with Crippen molar-refractivity contribution < 1.29 is 4.39 Å². The number of benzene rings is 1. The molecule has 0 aliphatic heterocycles. The Bertz CT molecular complexity index is 532. The quantitative estimate of drug-likeness (QED) is 0.722. The first-order valence-electron chi connectivity index (χ1n) is 5.10. The number of fused-ring (bicyclic) bond motifs is 1. The van der Waals surface area contributed by atoms with Gasteiger partial charge in [-0.25, -0.2) is 9.37 Å². The van der Waals surface area contributed by atoms with E-state index in [-0.39, 0.29) is 5.82 Å². The van der Waals surface area contributed by atoms with Gasteiger partial charge >= 0.3 is 0 Å². The lowest BCUT2D eigenvalue weighted by Crippen LogP contribution is -1.94. The van der Waals surface area contributed by atoms with Crippen LogP contribution in [-0.4, -0.2) is 4.98 Å².